The van der Waals surface area contributed by atoms with Gasteiger partial charge in [0.15, 0.2) is 0 Å². The second kappa shape index (κ2) is 15.3. The van der Waals surface area contributed by atoms with Gasteiger partial charge in [0.1, 0.15) is 0 Å². The highest BCUT2D eigenvalue weighted by molar-refractivity contribution is 6.09. The Morgan fingerprint density at radius 3 is 1.29 bits per heavy atom. The van der Waals surface area contributed by atoms with Crippen LogP contribution in [0, 0.1) is 0 Å². The molecular formula is C60H39N3. The van der Waals surface area contributed by atoms with E-state index in [9.17, 15) is 0 Å². The van der Waals surface area contributed by atoms with Gasteiger partial charge < -0.3 is 4.90 Å². The Morgan fingerprint density at radius 1 is 0.286 bits per heavy atom. The molecule has 12 rings (SSSR count). The SMILES string of the molecule is c1ccc(-c2nc(-c3ccc(N(c4ccc(-c5ccc6c(ccc7ccccc76)c5)cc4)c4ccc(-c5ccc6c(ccc7ccccc76)c5)cc4)cc3)cc3cccnc23)cc1. The minimum absolute atomic E-state index is 0.883. The lowest BCUT2D eigenvalue weighted by atomic mass is 9.97. The smallest absolute Gasteiger partial charge is 0.0972 e. The zero-order chi connectivity index (χ0) is 41.7. The molecule has 0 aliphatic heterocycles. The number of fused-ring (bicyclic) bond motifs is 7. The molecule has 0 bridgehead atoms. The maximum absolute atomic E-state index is 5.20. The molecule has 0 unspecified atom stereocenters. The van der Waals surface area contributed by atoms with E-state index in [4.69, 9.17) is 9.97 Å². The Labute approximate surface area is 365 Å². The van der Waals surface area contributed by atoms with E-state index in [1.165, 1.54) is 65.3 Å². The molecule has 0 radical (unpaired) electrons. The van der Waals surface area contributed by atoms with Crippen molar-refractivity contribution in [2.24, 2.45) is 0 Å². The van der Waals surface area contributed by atoms with Crippen molar-refractivity contribution in [1.82, 2.24) is 9.97 Å². The number of anilines is 3. The second-order valence-corrected chi connectivity index (χ2v) is 16.2. The van der Waals surface area contributed by atoms with Crippen LogP contribution in [0.4, 0.5) is 17.1 Å². The standard InChI is InChI=1S/C60H39N3/c1-2-11-45(12-3-1)60-59-50(13-8-36-61-59)39-58(62-60)44-24-32-53(33-25-44)63(51-28-20-40(21-29-51)46-26-34-56-48(37-46)18-16-42-9-4-6-14-54(42)56)52-30-22-41(23-31-52)47-27-35-57-49(38-47)19-17-43-10-5-7-15-55(43)57/h1-39H. The number of benzene rings is 10. The van der Waals surface area contributed by atoms with E-state index in [-0.39, 0.29) is 0 Å². The van der Waals surface area contributed by atoms with E-state index in [0.29, 0.717) is 0 Å². The number of aromatic nitrogens is 2. The van der Waals surface area contributed by atoms with Gasteiger partial charge in [0.05, 0.1) is 16.9 Å². The van der Waals surface area contributed by atoms with Crippen molar-refractivity contribution in [2.75, 3.05) is 4.90 Å². The molecule has 0 saturated carbocycles. The van der Waals surface area contributed by atoms with Gasteiger partial charge in [-0.1, -0.05) is 170 Å². The fourth-order valence-electron chi connectivity index (χ4n) is 9.25. The number of hydrogen-bond acceptors (Lipinski definition) is 3. The average Bonchev–Trinajstić information content (AvgIpc) is 3.36. The molecule has 0 amide bonds. The first-order chi connectivity index (χ1) is 31.2. The third kappa shape index (κ3) is 6.64. The molecule has 12 aromatic rings. The lowest BCUT2D eigenvalue weighted by Crippen LogP contribution is -2.09. The summed E-state index contributed by atoms with van der Waals surface area (Å²) in [6.07, 6.45) is 1.84. The maximum Gasteiger partial charge on any atom is 0.0972 e. The van der Waals surface area contributed by atoms with Gasteiger partial charge in [-0.15, -0.1) is 0 Å². The molecule has 0 N–H and O–H groups in total. The van der Waals surface area contributed by atoms with Crippen LogP contribution >= 0.6 is 0 Å². The van der Waals surface area contributed by atoms with Crippen molar-refractivity contribution >= 4 is 71.1 Å². The van der Waals surface area contributed by atoms with Gasteiger partial charge in [-0.05, 0) is 126 Å². The zero-order valence-corrected chi connectivity index (χ0v) is 34.4. The summed E-state index contributed by atoms with van der Waals surface area (Å²) in [4.78, 5) is 12.3. The molecule has 63 heavy (non-hydrogen) atoms. The molecule has 2 aromatic heterocycles. The van der Waals surface area contributed by atoms with Crippen LogP contribution in [0.1, 0.15) is 0 Å². The molecule has 0 atom stereocenters. The molecule has 3 nitrogen and oxygen atoms in total. The van der Waals surface area contributed by atoms with Gasteiger partial charge in [0.2, 0.25) is 0 Å². The summed E-state index contributed by atoms with van der Waals surface area (Å²) in [5, 5.41) is 11.2. The van der Waals surface area contributed by atoms with Gasteiger partial charge in [-0.3, -0.25) is 4.98 Å². The van der Waals surface area contributed by atoms with Crippen LogP contribution in [0.15, 0.2) is 237 Å². The van der Waals surface area contributed by atoms with Crippen molar-refractivity contribution in [3.05, 3.63) is 237 Å². The summed E-state index contributed by atoms with van der Waals surface area (Å²) in [6.45, 7) is 0. The fraction of sp³-hybridized carbons (Fsp3) is 0. The minimum atomic E-state index is 0.883. The Morgan fingerprint density at radius 2 is 0.730 bits per heavy atom. The normalized spacial score (nSPS) is 11.5. The lowest BCUT2D eigenvalue weighted by molar-refractivity contribution is 1.28. The fourth-order valence-corrected chi connectivity index (χ4v) is 9.25. The van der Waals surface area contributed by atoms with Crippen molar-refractivity contribution in [3.8, 4) is 44.8 Å². The summed E-state index contributed by atoms with van der Waals surface area (Å²) in [5.41, 5.74) is 12.7. The van der Waals surface area contributed by atoms with Crippen LogP contribution in [-0.4, -0.2) is 9.97 Å². The largest absolute Gasteiger partial charge is 0.311 e. The van der Waals surface area contributed by atoms with Gasteiger partial charge in [-0.25, -0.2) is 4.98 Å². The van der Waals surface area contributed by atoms with Crippen molar-refractivity contribution < 1.29 is 0 Å². The quantitative estimate of drug-likeness (QED) is 0.150. The third-order valence-corrected chi connectivity index (χ3v) is 12.5. The number of rotatable bonds is 7. The summed E-state index contributed by atoms with van der Waals surface area (Å²) in [7, 11) is 0. The zero-order valence-electron chi connectivity index (χ0n) is 34.4. The van der Waals surface area contributed by atoms with Crippen LogP contribution < -0.4 is 4.90 Å². The molecule has 10 aromatic carbocycles. The summed E-state index contributed by atoms with van der Waals surface area (Å²) in [6, 6.07) is 83.0. The van der Waals surface area contributed by atoms with E-state index < -0.39 is 0 Å². The number of pyridine rings is 2. The topological polar surface area (TPSA) is 29.0 Å². The molecular weight excluding hydrogens is 763 g/mol. The summed E-state index contributed by atoms with van der Waals surface area (Å²) in [5.74, 6) is 0. The predicted octanol–water partition coefficient (Wildman–Crippen LogP) is 16.4. The van der Waals surface area contributed by atoms with Crippen molar-refractivity contribution in [3.63, 3.8) is 0 Å². The molecule has 0 spiro atoms. The second-order valence-electron chi connectivity index (χ2n) is 16.2. The van der Waals surface area contributed by atoms with E-state index in [2.05, 4.69) is 211 Å². The Bertz CT molecular complexity index is 3490. The first-order valence-electron chi connectivity index (χ1n) is 21.5. The monoisotopic (exact) mass is 801 g/mol. The highest BCUT2D eigenvalue weighted by Crippen LogP contribution is 2.40. The average molecular weight is 802 g/mol. The van der Waals surface area contributed by atoms with E-state index in [1.54, 1.807) is 0 Å². The van der Waals surface area contributed by atoms with Gasteiger partial charge in [0.25, 0.3) is 0 Å². The Balaban J connectivity index is 0.921. The molecule has 0 aliphatic rings. The van der Waals surface area contributed by atoms with Gasteiger partial charge >= 0.3 is 0 Å². The van der Waals surface area contributed by atoms with Gasteiger partial charge in [-0.2, -0.15) is 0 Å². The molecule has 0 aliphatic carbocycles. The number of nitrogens with zero attached hydrogens (tertiary/aromatic N) is 3. The van der Waals surface area contributed by atoms with Gasteiger partial charge in [0, 0.05) is 39.8 Å². The van der Waals surface area contributed by atoms with E-state index in [0.717, 1.165) is 50.5 Å². The van der Waals surface area contributed by atoms with Crippen molar-refractivity contribution in [1.29, 1.82) is 0 Å². The van der Waals surface area contributed by atoms with Crippen molar-refractivity contribution in [2.45, 2.75) is 0 Å². The Hall–Kier alpha value is -8.40. The van der Waals surface area contributed by atoms with Crippen LogP contribution in [0.2, 0.25) is 0 Å². The molecule has 2 heterocycles. The lowest BCUT2D eigenvalue weighted by Gasteiger charge is -2.26. The highest BCUT2D eigenvalue weighted by Gasteiger charge is 2.16. The molecule has 294 valence electrons. The van der Waals surface area contributed by atoms with E-state index in [1.807, 2.05) is 30.5 Å². The summed E-state index contributed by atoms with van der Waals surface area (Å²) < 4.78 is 0. The van der Waals surface area contributed by atoms with E-state index >= 15 is 0 Å². The Kier molecular flexibility index (Phi) is 8.83. The molecule has 0 fully saturated rings. The maximum atomic E-state index is 5.20. The van der Waals surface area contributed by atoms with Crippen LogP contribution in [0.5, 0.6) is 0 Å². The first-order valence-corrected chi connectivity index (χ1v) is 21.5. The number of hydrogen-bond donors (Lipinski definition) is 0. The highest BCUT2D eigenvalue weighted by atomic mass is 15.1. The molecule has 0 saturated heterocycles. The van der Waals surface area contributed by atoms with Crippen LogP contribution in [-0.2, 0) is 0 Å². The van der Waals surface area contributed by atoms with Crippen LogP contribution in [0.25, 0.3) is 98.8 Å². The first kappa shape index (κ1) is 36.5. The third-order valence-electron chi connectivity index (χ3n) is 12.5. The minimum Gasteiger partial charge on any atom is -0.311 e. The van der Waals surface area contributed by atoms with Crippen LogP contribution in [0.3, 0.4) is 0 Å². The predicted molar refractivity (Wildman–Crippen MR) is 266 cm³/mol. The summed E-state index contributed by atoms with van der Waals surface area (Å²) >= 11 is 0. The molecule has 3 heteroatoms.